The molecule has 0 aliphatic heterocycles. The van der Waals surface area contributed by atoms with Gasteiger partial charge in [-0.3, -0.25) is 4.79 Å². The summed E-state index contributed by atoms with van der Waals surface area (Å²) in [5.41, 5.74) is 3.06. The summed E-state index contributed by atoms with van der Waals surface area (Å²) >= 11 is 1.71. The Hall–Kier alpha value is -1.87. The highest BCUT2D eigenvalue weighted by Crippen LogP contribution is 2.26. The first kappa shape index (κ1) is 13.6. The predicted molar refractivity (Wildman–Crippen MR) is 80.5 cm³/mol. The number of rotatable bonds is 3. The Balaban J connectivity index is 2.27. The summed E-state index contributed by atoms with van der Waals surface area (Å²) < 4.78 is 5.22. The zero-order chi connectivity index (χ0) is 13.8. The van der Waals surface area contributed by atoms with Gasteiger partial charge in [-0.05, 0) is 60.2 Å². The summed E-state index contributed by atoms with van der Waals surface area (Å²) in [7, 11) is 0. The molecular weight excluding hydrogens is 256 g/mol. The van der Waals surface area contributed by atoms with Gasteiger partial charge in [0.25, 0.3) is 0 Å². The van der Waals surface area contributed by atoms with Crippen molar-refractivity contribution in [2.45, 2.75) is 20.8 Å². The van der Waals surface area contributed by atoms with Gasteiger partial charge in [0.1, 0.15) is 5.75 Å². The average Bonchev–Trinajstić information content (AvgIpc) is 2.84. The SMILES string of the molecule is CC(=O)Oc1c(C)cc(C=Cc2cccs2)cc1C. The summed E-state index contributed by atoms with van der Waals surface area (Å²) in [6, 6.07) is 8.16. The van der Waals surface area contributed by atoms with Gasteiger partial charge in [0.05, 0.1) is 0 Å². The van der Waals surface area contributed by atoms with Crippen LogP contribution in [0.25, 0.3) is 12.2 Å². The summed E-state index contributed by atoms with van der Waals surface area (Å²) in [4.78, 5) is 12.3. The second-order valence-corrected chi connectivity index (χ2v) is 5.41. The highest BCUT2D eigenvalue weighted by molar-refractivity contribution is 7.10. The Bertz CT molecular complexity index is 587. The first-order chi connectivity index (χ1) is 9.06. The van der Waals surface area contributed by atoms with E-state index >= 15 is 0 Å². The summed E-state index contributed by atoms with van der Waals surface area (Å²) in [6.07, 6.45) is 4.16. The highest BCUT2D eigenvalue weighted by atomic mass is 32.1. The third-order valence-corrected chi connectivity index (χ3v) is 3.55. The first-order valence-electron chi connectivity index (χ1n) is 6.07. The summed E-state index contributed by atoms with van der Waals surface area (Å²) in [5.74, 6) is 0.383. The molecule has 3 heteroatoms. The lowest BCUT2D eigenvalue weighted by Crippen LogP contribution is -2.04. The molecule has 0 spiro atoms. The summed E-state index contributed by atoms with van der Waals surface area (Å²) in [6.45, 7) is 5.32. The lowest BCUT2D eigenvalue weighted by Gasteiger charge is -2.10. The normalized spacial score (nSPS) is 10.9. The molecule has 98 valence electrons. The highest BCUT2D eigenvalue weighted by Gasteiger charge is 2.07. The second kappa shape index (κ2) is 5.85. The van der Waals surface area contributed by atoms with Crippen LogP contribution < -0.4 is 4.74 Å². The minimum Gasteiger partial charge on any atom is -0.426 e. The maximum absolute atomic E-state index is 11.0. The fourth-order valence-electron chi connectivity index (χ4n) is 1.95. The third kappa shape index (κ3) is 3.55. The van der Waals surface area contributed by atoms with Gasteiger partial charge in [0.15, 0.2) is 0 Å². The van der Waals surface area contributed by atoms with Crippen molar-refractivity contribution in [3.63, 3.8) is 0 Å². The minimum atomic E-state index is -0.284. The number of carbonyl (C=O) groups excluding carboxylic acids is 1. The predicted octanol–water partition coefficient (Wildman–Crippen LogP) is 4.46. The number of hydrogen-bond acceptors (Lipinski definition) is 3. The molecule has 19 heavy (non-hydrogen) atoms. The topological polar surface area (TPSA) is 26.3 Å². The molecule has 0 saturated carbocycles. The van der Waals surface area contributed by atoms with E-state index in [0.29, 0.717) is 5.75 Å². The Kier molecular flexibility index (Phi) is 4.17. The fraction of sp³-hybridized carbons (Fsp3) is 0.188. The van der Waals surface area contributed by atoms with E-state index < -0.39 is 0 Å². The van der Waals surface area contributed by atoms with E-state index in [-0.39, 0.29) is 5.97 Å². The molecule has 2 rings (SSSR count). The van der Waals surface area contributed by atoms with Crippen LogP contribution in [0.5, 0.6) is 5.75 Å². The van der Waals surface area contributed by atoms with Crippen LogP contribution in [0.1, 0.15) is 28.5 Å². The minimum absolute atomic E-state index is 0.284. The Morgan fingerprint density at radius 2 is 1.89 bits per heavy atom. The average molecular weight is 272 g/mol. The zero-order valence-corrected chi connectivity index (χ0v) is 12.1. The van der Waals surface area contributed by atoms with Crippen molar-refractivity contribution in [2.75, 3.05) is 0 Å². The van der Waals surface area contributed by atoms with Crippen molar-refractivity contribution in [1.29, 1.82) is 0 Å². The van der Waals surface area contributed by atoms with Crippen LogP contribution in [-0.2, 0) is 4.79 Å². The van der Waals surface area contributed by atoms with Crippen molar-refractivity contribution in [2.24, 2.45) is 0 Å². The van der Waals surface area contributed by atoms with Crippen molar-refractivity contribution < 1.29 is 9.53 Å². The molecule has 0 saturated heterocycles. The Morgan fingerprint density at radius 1 is 1.21 bits per heavy atom. The zero-order valence-electron chi connectivity index (χ0n) is 11.3. The number of carbonyl (C=O) groups is 1. The number of esters is 1. The lowest BCUT2D eigenvalue weighted by atomic mass is 10.1. The van der Waals surface area contributed by atoms with Crippen LogP contribution in [0.4, 0.5) is 0 Å². The molecule has 0 fully saturated rings. The van der Waals surface area contributed by atoms with Gasteiger partial charge in [-0.1, -0.05) is 12.1 Å². The molecule has 1 aromatic heterocycles. The molecule has 0 aliphatic carbocycles. The molecule has 0 N–H and O–H groups in total. The number of ether oxygens (including phenoxy) is 1. The number of hydrogen-bond donors (Lipinski definition) is 0. The van der Waals surface area contributed by atoms with E-state index in [4.69, 9.17) is 4.74 Å². The van der Waals surface area contributed by atoms with E-state index in [9.17, 15) is 4.79 Å². The van der Waals surface area contributed by atoms with Crippen molar-refractivity contribution in [1.82, 2.24) is 0 Å². The maximum Gasteiger partial charge on any atom is 0.308 e. The van der Waals surface area contributed by atoms with E-state index in [1.165, 1.54) is 11.8 Å². The van der Waals surface area contributed by atoms with Gasteiger partial charge in [-0.2, -0.15) is 0 Å². The van der Waals surface area contributed by atoms with Crippen LogP contribution in [0.2, 0.25) is 0 Å². The van der Waals surface area contributed by atoms with Gasteiger partial charge in [0, 0.05) is 11.8 Å². The number of aryl methyl sites for hydroxylation is 2. The molecule has 0 bridgehead atoms. The summed E-state index contributed by atoms with van der Waals surface area (Å²) in [5, 5.41) is 2.06. The van der Waals surface area contributed by atoms with Gasteiger partial charge < -0.3 is 4.74 Å². The molecule has 0 aliphatic rings. The van der Waals surface area contributed by atoms with Gasteiger partial charge >= 0.3 is 5.97 Å². The van der Waals surface area contributed by atoms with Gasteiger partial charge in [-0.25, -0.2) is 0 Å². The lowest BCUT2D eigenvalue weighted by molar-refractivity contribution is -0.131. The van der Waals surface area contributed by atoms with Crippen molar-refractivity contribution >= 4 is 29.5 Å². The van der Waals surface area contributed by atoms with Gasteiger partial charge in [-0.15, -0.1) is 11.3 Å². The molecule has 0 radical (unpaired) electrons. The van der Waals surface area contributed by atoms with Gasteiger partial charge in [0.2, 0.25) is 0 Å². The maximum atomic E-state index is 11.0. The molecule has 0 unspecified atom stereocenters. The molecule has 1 aromatic carbocycles. The van der Waals surface area contributed by atoms with E-state index in [1.807, 2.05) is 32.0 Å². The van der Waals surface area contributed by atoms with Crippen molar-refractivity contribution in [3.8, 4) is 5.75 Å². The largest absolute Gasteiger partial charge is 0.426 e. The van der Waals surface area contributed by atoms with E-state index in [1.54, 1.807) is 11.3 Å². The van der Waals surface area contributed by atoms with Crippen LogP contribution in [0, 0.1) is 13.8 Å². The molecule has 1 heterocycles. The molecular formula is C16H16O2S. The Labute approximate surface area is 117 Å². The molecule has 0 amide bonds. The molecule has 0 atom stereocenters. The van der Waals surface area contributed by atoms with Crippen molar-refractivity contribution in [3.05, 3.63) is 51.2 Å². The standard InChI is InChI=1S/C16H16O2S/c1-11-9-14(6-7-15-5-4-8-19-15)10-12(2)16(11)18-13(3)17/h4-10H,1-3H3. The van der Waals surface area contributed by atoms with Crippen LogP contribution in [0.3, 0.4) is 0 Å². The first-order valence-corrected chi connectivity index (χ1v) is 6.95. The third-order valence-electron chi connectivity index (χ3n) is 2.71. The monoisotopic (exact) mass is 272 g/mol. The van der Waals surface area contributed by atoms with E-state index in [0.717, 1.165) is 16.7 Å². The Morgan fingerprint density at radius 3 is 2.42 bits per heavy atom. The molecule has 2 nitrogen and oxygen atoms in total. The molecule has 2 aromatic rings. The second-order valence-electron chi connectivity index (χ2n) is 4.43. The smallest absolute Gasteiger partial charge is 0.308 e. The fourth-order valence-corrected chi connectivity index (χ4v) is 2.57. The van der Waals surface area contributed by atoms with E-state index in [2.05, 4.69) is 23.6 Å². The van der Waals surface area contributed by atoms with Crippen LogP contribution in [-0.4, -0.2) is 5.97 Å². The van der Waals surface area contributed by atoms with Crippen LogP contribution >= 0.6 is 11.3 Å². The van der Waals surface area contributed by atoms with Crippen LogP contribution in [0.15, 0.2) is 29.6 Å². The number of thiophene rings is 1. The quantitative estimate of drug-likeness (QED) is 0.609. The number of benzene rings is 1.